The van der Waals surface area contributed by atoms with Gasteiger partial charge in [-0.2, -0.15) is 0 Å². The van der Waals surface area contributed by atoms with Gasteiger partial charge < -0.3 is 5.73 Å². The quantitative estimate of drug-likeness (QED) is 0.649. The second kappa shape index (κ2) is 5.36. The summed E-state index contributed by atoms with van der Waals surface area (Å²) in [6, 6.07) is 7.61. The minimum Gasteiger partial charge on any atom is -0.398 e. The summed E-state index contributed by atoms with van der Waals surface area (Å²) < 4.78 is 27.4. The summed E-state index contributed by atoms with van der Waals surface area (Å²) in [5.41, 5.74) is 6.15. The van der Waals surface area contributed by atoms with Gasteiger partial charge in [-0.15, -0.1) is 0 Å². The van der Waals surface area contributed by atoms with Gasteiger partial charge in [-0.05, 0) is 30.3 Å². The smallest absolute Gasteiger partial charge is 0.264 e. The maximum absolute atomic E-state index is 12.2. The number of nitrogen functional groups attached to an aromatic ring is 1. The highest BCUT2D eigenvalue weighted by Crippen LogP contribution is 2.25. The molecule has 0 unspecified atom stereocenters. The van der Waals surface area contributed by atoms with Gasteiger partial charge in [0, 0.05) is 4.47 Å². The molecule has 2 aromatic rings. The molecule has 0 aliphatic carbocycles. The fourth-order valence-electron chi connectivity index (χ4n) is 1.39. The normalized spacial score (nSPS) is 11.3. The average molecular weight is 363 g/mol. The van der Waals surface area contributed by atoms with Crippen LogP contribution in [0.3, 0.4) is 0 Å². The van der Waals surface area contributed by atoms with Gasteiger partial charge in [0.15, 0.2) is 0 Å². The van der Waals surface area contributed by atoms with Crippen LogP contribution in [-0.2, 0) is 10.0 Å². The second-order valence-corrected chi connectivity index (χ2v) is 6.61. The number of hydrogen-bond donors (Lipinski definition) is 2. The Morgan fingerprint density at radius 1 is 1.26 bits per heavy atom. The molecule has 3 N–H and O–H groups in total. The molecule has 0 saturated carbocycles. The van der Waals surface area contributed by atoms with Gasteiger partial charge >= 0.3 is 0 Å². The van der Waals surface area contributed by atoms with E-state index in [0.717, 1.165) is 0 Å². The molecule has 0 aliphatic rings. The molecule has 1 aromatic heterocycles. The number of rotatable bonds is 3. The first-order chi connectivity index (χ1) is 8.88. The van der Waals surface area contributed by atoms with Crippen LogP contribution in [0.5, 0.6) is 0 Å². The Hall–Kier alpha value is -1.31. The van der Waals surface area contributed by atoms with E-state index in [0.29, 0.717) is 10.2 Å². The summed E-state index contributed by atoms with van der Waals surface area (Å²) in [5.74, 6) is 0. The lowest BCUT2D eigenvalue weighted by molar-refractivity contribution is 0.601. The maximum atomic E-state index is 12.2. The van der Waals surface area contributed by atoms with Crippen LogP contribution in [0.1, 0.15) is 0 Å². The predicted molar refractivity (Wildman–Crippen MR) is 78.6 cm³/mol. The van der Waals surface area contributed by atoms with E-state index in [4.69, 9.17) is 17.3 Å². The lowest BCUT2D eigenvalue weighted by Crippen LogP contribution is -2.15. The van der Waals surface area contributed by atoms with Crippen molar-refractivity contribution in [3.63, 3.8) is 0 Å². The standard InChI is InChI=1S/C11H9BrClN3O2S/c12-7-1-3-9(14)10(5-7)19(17,18)16-8-2-4-11(13)15-6-8/h1-6,16H,14H2. The highest BCUT2D eigenvalue weighted by molar-refractivity contribution is 9.10. The Bertz CT molecular complexity index is 704. The van der Waals surface area contributed by atoms with Crippen molar-refractivity contribution in [2.75, 3.05) is 10.5 Å². The SMILES string of the molecule is Nc1ccc(Br)cc1S(=O)(=O)Nc1ccc(Cl)nc1. The topological polar surface area (TPSA) is 85.1 Å². The van der Waals surface area contributed by atoms with Crippen LogP contribution >= 0.6 is 27.5 Å². The van der Waals surface area contributed by atoms with E-state index in [9.17, 15) is 8.42 Å². The lowest BCUT2D eigenvalue weighted by atomic mass is 10.3. The van der Waals surface area contributed by atoms with Crippen LogP contribution in [0.4, 0.5) is 11.4 Å². The molecule has 0 bridgehead atoms. The molecule has 0 aliphatic heterocycles. The molecule has 5 nitrogen and oxygen atoms in total. The van der Waals surface area contributed by atoms with Gasteiger partial charge in [-0.3, -0.25) is 4.72 Å². The first-order valence-corrected chi connectivity index (χ1v) is 7.73. The Kier molecular flexibility index (Phi) is 3.98. The van der Waals surface area contributed by atoms with Crippen molar-refractivity contribution in [1.82, 2.24) is 4.98 Å². The minimum atomic E-state index is -3.77. The number of halogens is 2. The summed E-state index contributed by atoms with van der Waals surface area (Å²) in [6.07, 6.45) is 1.33. The number of anilines is 2. The van der Waals surface area contributed by atoms with Crippen LogP contribution < -0.4 is 10.5 Å². The molecule has 1 heterocycles. The van der Waals surface area contributed by atoms with Crippen LogP contribution in [-0.4, -0.2) is 13.4 Å². The van der Waals surface area contributed by atoms with Crippen LogP contribution in [0.15, 0.2) is 45.9 Å². The number of nitrogens with two attached hydrogens (primary N) is 1. The van der Waals surface area contributed by atoms with Crippen molar-refractivity contribution in [2.45, 2.75) is 4.90 Å². The minimum absolute atomic E-state index is 0.00294. The molecule has 0 radical (unpaired) electrons. The third-order valence-electron chi connectivity index (χ3n) is 2.24. The number of nitrogens with zero attached hydrogens (tertiary/aromatic N) is 1. The summed E-state index contributed by atoms with van der Waals surface area (Å²) >= 11 is 8.84. The summed E-state index contributed by atoms with van der Waals surface area (Å²) in [7, 11) is -3.77. The van der Waals surface area contributed by atoms with Crippen LogP contribution in [0.25, 0.3) is 0 Å². The predicted octanol–water partition coefficient (Wildman–Crippen LogP) is 2.88. The zero-order valence-electron chi connectivity index (χ0n) is 9.47. The molecule has 2 rings (SSSR count). The molecule has 8 heteroatoms. The molecule has 0 saturated heterocycles. The van der Waals surface area contributed by atoms with Crippen LogP contribution in [0.2, 0.25) is 5.15 Å². The number of aromatic nitrogens is 1. The maximum Gasteiger partial charge on any atom is 0.264 e. The molecule has 100 valence electrons. The van der Waals surface area contributed by atoms with E-state index in [2.05, 4.69) is 25.6 Å². The van der Waals surface area contributed by atoms with E-state index < -0.39 is 10.0 Å². The molecule has 0 fully saturated rings. The molecule has 1 aromatic carbocycles. The zero-order chi connectivity index (χ0) is 14.0. The highest BCUT2D eigenvalue weighted by atomic mass is 79.9. The van der Waals surface area contributed by atoms with Crippen molar-refractivity contribution in [3.05, 3.63) is 46.2 Å². The average Bonchev–Trinajstić information content (AvgIpc) is 2.35. The van der Waals surface area contributed by atoms with Gasteiger partial charge in [-0.1, -0.05) is 27.5 Å². The zero-order valence-corrected chi connectivity index (χ0v) is 12.6. The first-order valence-electron chi connectivity index (χ1n) is 5.08. The Balaban J connectivity index is 2.37. The molecule has 0 amide bonds. The molecular weight excluding hydrogens is 354 g/mol. The second-order valence-electron chi connectivity index (χ2n) is 3.66. The number of benzene rings is 1. The van der Waals surface area contributed by atoms with Crippen molar-refractivity contribution in [1.29, 1.82) is 0 Å². The van der Waals surface area contributed by atoms with Gasteiger partial charge in [0.25, 0.3) is 10.0 Å². The third-order valence-corrected chi connectivity index (χ3v) is 4.40. The number of hydrogen-bond acceptors (Lipinski definition) is 4. The summed E-state index contributed by atoms with van der Waals surface area (Å²) in [5, 5.41) is 0.282. The monoisotopic (exact) mass is 361 g/mol. The Morgan fingerprint density at radius 2 is 2.00 bits per heavy atom. The summed E-state index contributed by atoms with van der Waals surface area (Å²) in [6.45, 7) is 0. The Labute approximate surface area is 124 Å². The van der Waals surface area contributed by atoms with Gasteiger partial charge in [0.1, 0.15) is 10.0 Å². The number of sulfonamides is 1. The van der Waals surface area contributed by atoms with Crippen molar-refractivity contribution in [3.8, 4) is 0 Å². The van der Waals surface area contributed by atoms with Crippen molar-refractivity contribution >= 4 is 48.9 Å². The fraction of sp³-hybridized carbons (Fsp3) is 0. The van der Waals surface area contributed by atoms with Gasteiger partial charge in [-0.25, -0.2) is 13.4 Å². The lowest BCUT2D eigenvalue weighted by Gasteiger charge is -2.10. The molecule has 0 atom stereocenters. The van der Waals surface area contributed by atoms with E-state index in [1.807, 2.05) is 0 Å². The fourth-order valence-corrected chi connectivity index (χ4v) is 3.21. The first kappa shape index (κ1) is 14.1. The van der Waals surface area contributed by atoms with Gasteiger partial charge in [0.2, 0.25) is 0 Å². The third kappa shape index (κ3) is 3.37. The van der Waals surface area contributed by atoms with E-state index in [1.165, 1.54) is 30.5 Å². The van der Waals surface area contributed by atoms with Gasteiger partial charge in [0.05, 0.1) is 17.6 Å². The highest BCUT2D eigenvalue weighted by Gasteiger charge is 2.18. The molecule has 19 heavy (non-hydrogen) atoms. The van der Waals surface area contributed by atoms with E-state index in [1.54, 1.807) is 6.07 Å². The Morgan fingerprint density at radius 3 is 2.63 bits per heavy atom. The van der Waals surface area contributed by atoms with Crippen molar-refractivity contribution in [2.24, 2.45) is 0 Å². The molecular formula is C11H9BrClN3O2S. The number of pyridine rings is 1. The van der Waals surface area contributed by atoms with E-state index in [-0.39, 0.29) is 15.7 Å². The summed E-state index contributed by atoms with van der Waals surface area (Å²) in [4.78, 5) is 3.79. The molecule has 0 spiro atoms. The van der Waals surface area contributed by atoms with Crippen molar-refractivity contribution < 1.29 is 8.42 Å². The van der Waals surface area contributed by atoms with E-state index >= 15 is 0 Å². The van der Waals surface area contributed by atoms with Crippen LogP contribution in [0, 0.1) is 0 Å². The largest absolute Gasteiger partial charge is 0.398 e. The number of nitrogens with one attached hydrogen (secondary N) is 1.